The quantitative estimate of drug-likeness (QED) is 0.701. The van der Waals surface area contributed by atoms with E-state index in [1.54, 1.807) is 6.20 Å². The maximum Gasteiger partial charge on any atom is 0.0991 e. The van der Waals surface area contributed by atoms with Gasteiger partial charge in [-0.25, -0.2) is 0 Å². The molecule has 0 aliphatic rings. The van der Waals surface area contributed by atoms with E-state index in [4.69, 9.17) is 5.26 Å². The van der Waals surface area contributed by atoms with Crippen LogP contribution in [0, 0.1) is 11.3 Å². The van der Waals surface area contributed by atoms with Crippen molar-refractivity contribution in [1.29, 1.82) is 5.26 Å². The number of fused-ring (bicyclic) bond motifs is 1. The van der Waals surface area contributed by atoms with E-state index in [0.29, 0.717) is 5.56 Å². The second-order valence-corrected chi connectivity index (χ2v) is 4.19. The smallest absolute Gasteiger partial charge is 0.0991 e. The fraction of sp³-hybridized carbons (Fsp3) is 0.176. The molecule has 0 aliphatic heterocycles. The van der Waals surface area contributed by atoms with Crippen molar-refractivity contribution in [2.24, 2.45) is 0 Å². The van der Waals surface area contributed by atoms with Crippen LogP contribution in [0.25, 0.3) is 10.9 Å². The van der Waals surface area contributed by atoms with Crippen molar-refractivity contribution in [2.75, 3.05) is 0 Å². The van der Waals surface area contributed by atoms with Crippen LogP contribution < -0.4 is 0 Å². The molecule has 0 saturated heterocycles. The van der Waals surface area contributed by atoms with Gasteiger partial charge in [-0.2, -0.15) is 5.26 Å². The molecule has 2 aromatic heterocycles. The Morgan fingerprint density at radius 1 is 1.10 bits per heavy atom. The Morgan fingerprint density at radius 3 is 2.55 bits per heavy atom. The number of nitriles is 1. The van der Waals surface area contributed by atoms with E-state index in [9.17, 15) is 0 Å². The van der Waals surface area contributed by atoms with E-state index in [1.807, 2.05) is 50.4 Å². The Bertz CT molecular complexity index is 718. The third kappa shape index (κ3) is 2.86. The summed E-state index contributed by atoms with van der Waals surface area (Å²) in [7, 11) is 0. The highest BCUT2D eigenvalue weighted by molar-refractivity contribution is 5.78. The van der Waals surface area contributed by atoms with Crippen molar-refractivity contribution < 1.29 is 0 Å². The summed E-state index contributed by atoms with van der Waals surface area (Å²) in [6.45, 7) is 4.80. The van der Waals surface area contributed by atoms with Gasteiger partial charge in [0.05, 0.1) is 17.1 Å². The van der Waals surface area contributed by atoms with Gasteiger partial charge in [-0.1, -0.05) is 26.0 Å². The summed E-state index contributed by atoms with van der Waals surface area (Å²) in [5.74, 6) is 0. The molecule has 3 rings (SSSR count). The van der Waals surface area contributed by atoms with Crippen LogP contribution >= 0.6 is 0 Å². The summed E-state index contributed by atoms with van der Waals surface area (Å²) >= 11 is 0. The minimum atomic E-state index is 0.695. The Labute approximate surface area is 119 Å². The van der Waals surface area contributed by atoms with Gasteiger partial charge < -0.3 is 4.57 Å². The standard InChI is InChI=1S/C15H11N3.C2H6/c16-9-12-1-3-13(4-2-12)11-18-8-6-14-10-17-7-5-15(14)18;1-2/h1-8,10H,11H2;1-2H3. The van der Waals surface area contributed by atoms with E-state index in [0.717, 1.165) is 11.9 Å². The highest BCUT2D eigenvalue weighted by atomic mass is 15.0. The Hall–Kier alpha value is -2.60. The molecule has 0 spiro atoms. The maximum atomic E-state index is 8.76. The average Bonchev–Trinajstić information content (AvgIpc) is 2.93. The number of rotatable bonds is 2. The van der Waals surface area contributed by atoms with Gasteiger partial charge in [0.2, 0.25) is 0 Å². The minimum absolute atomic E-state index is 0.695. The molecule has 3 heteroatoms. The van der Waals surface area contributed by atoms with Crippen LogP contribution in [0.1, 0.15) is 25.0 Å². The second kappa shape index (κ2) is 6.53. The number of aromatic nitrogens is 2. The normalized spacial score (nSPS) is 9.65. The van der Waals surface area contributed by atoms with E-state index >= 15 is 0 Å². The van der Waals surface area contributed by atoms with Crippen LogP contribution in [0.15, 0.2) is 55.0 Å². The first-order chi connectivity index (χ1) is 9.86. The fourth-order valence-corrected chi connectivity index (χ4v) is 2.06. The van der Waals surface area contributed by atoms with Crippen LogP contribution in [0.5, 0.6) is 0 Å². The number of benzene rings is 1. The topological polar surface area (TPSA) is 41.6 Å². The number of pyridine rings is 1. The molecule has 0 atom stereocenters. The van der Waals surface area contributed by atoms with Crippen LogP contribution in [-0.2, 0) is 6.54 Å². The molecule has 0 aliphatic carbocycles. The lowest BCUT2D eigenvalue weighted by Gasteiger charge is -2.05. The van der Waals surface area contributed by atoms with Crippen LogP contribution in [0.4, 0.5) is 0 Å². The molecule has 3 nitrogen and oxygen atoms in total. The predicted octanol–water partition coefficient (Wildman–Crippen LogP) is 3.98. The summed E-state index contributed by atoms with van der Waals surface area (Å²) in [5.41, 5.74) is 3.05. The highest BCUT2D eigenvalue weighted by Gasteiger charge is 2.01. The molecule has 2 heterocycles. The molecule has 0 amide bonds. The van der Waals surface area contributed by atoms with Crippen LogP contribution in [-0.4, -0.2) is 9.55 Å². The Morgan fingerprint density at radius 2 is 1.85 bits per heavy atom. The summed E-state index contributed by atoms with van der Waals surface area (Å²) in [6, 6.07) is 13.9. The predicted molar refractivity (Wildman–Crippen MR) is 81.3 cm³/mol. The summed E-state index contributed by atoms with van der Waals surface area (Å²) < 4.78 is 2.18. The number of hydrogen-bond donors (Lipinski definition) is 0. The van der Waals surface area contributed by atoms with Gasteiger partial charge in [-0.3, -0.25) is 4.98 Å². The molecule has 0 unspecified atom stereocenters. The fourth-order valence-electron chi connectivity index (χ4n) is 2.06. The summed E-state index contributed by atoms with van der Waals surface area (Å²) in [6.07, 6.45) is 5.73. The minimum Gasteiger partial charge on any atom is -0.343 e. The van der Waals surface area contributed by atoms with Crippen LogP contribution in [0.2, 0.25) is 0 Å². The van der Waals surface area contributed by atoms with E-state index in [2.05, 4.69) is 27.9 Å². The molecule has 3 aromatic rings. The molecule has 0 radical (unpaired) electrons. The second-order valence-electron chi connectivity index (χ2n) is 4.19. The largest absolute Gasteiger partial charge is 0.343 e. The zero-order valence-corrected chi connectivity index (χ0v) is 11.7. The van der Waals surface area contributed by atoms with Gasteiger partial charge in [0.25, 0.3) is 0 Å². The summed E-state index contributed by atoms with van der Waals surface area (Å²) in [4.78, 5) is 4.11. The monoisotopic (exact) mass is 263 g/mol. The molecule has 100 valence electrons. The van der Waals surface area contributed by atoms with Crippen molar-refractivity contribution >= 4 is 10.9 Å². The lowest BCUT2D eigenvalue weighted by Crippen LogP contribution is -1.97. The summed E-state index contributed by atoms with van der Waals surface area (Å²) in [5, 5.41) is 9.91. The van der Waals surface area contributed by atoms with Crippen molar-refractivity contribution in [1.82, 2.24) is 9.55 Å². The SMILES string of the molecule is CC.N#Cc1ccc(Cn2ccc3cnccc32)cc1. The van der Waals surface area contributed by atoms with Crippen molar-refractivity contribution in [2.45, 2.75) is 20.4 Å². The van der Waals surface area contributed by atoms with E-state index in [-0.39, 0.29) is 0 Å². The van der Waals surface area contributed by atoms with Gasteiger partial charge in [0, 0.05) is 30.5 Å². The first-order valence-electron chi connectivity index (χ1n) is 6.75. The molecule has 0 bridgehead atoms. The van der Waals surface area contributed by atoms with E-state index in [1.165, 1.54) is 11.1 Å². The first-order valence-corrected chi connectivity index (χ1v) is 6.75. The number of nitrogens with zero attached hydrogens (tertiary/aromatic N) is 3. The van der Waals surface area contributed by atoms with Gasteiger partial charge in [-0.15, -0.1) is 0 Å². The molecular formula is C17H17N3. The molecule has 0 N–H and O–H groups in total. The Balaban J connectivity index is 0.000000704. The average molecular weight is 263 g/mol. The van der Waals surface area contributed by atoms with E-state index < -0.39 is 0 Å². The van der Waals surface area contributed by atoms with Crippen molar-refractivity contribution in [3.63, 3.8) is 0 Å². The molecule has 20 heavy (non-hydrogen) atoms. The lowest BCUT2D eigenvalue weighted by atomic mass is 10.1. The molecule has 0 saturated carbocycles. The number of hydrogen-bond acceptors (Lipinski definition) is 2. The lowest BCUT2D eigenvalue weighted by molar-refractivity contribution is 0.836. The molecule has 0 fully saturated rings. The first kappa shape index (κ1) is 13.8. The van der Waals surface area contributed by atoms with Crippen LogP contribution in [0.3, 0.4) is 0 Å². The van der Waals surface area contributed by atoms with Gasteiger partial charge >= 0.3 is 0 Å². The molecular weight excluding hydrogens is 246 g/mol. The van der Waals surface area contributed by atoms with Gasteiger partial charge in [0.15, 0.2) is 0 Å². The van der Waals surface area contributed by atoms with Crippen molar-refractivity contribution in [3.8, 4) is 6.07 Å². The Kier molecular flexibility index (Phi) is 4.52. The zero-order chi connectivity index (χ0) is 14.4. The van der Waals surface area contributed by atoms with Crippen molar-refractivity contribution in [3.05, 3.63) is 66.1 Å². The highest BCUT2D eigenvalue weighted by Crippen LogP contribution is 2.15. The third-order valence-electron chi connectivity index (χ3n) is 3.01. The van der Waals surface area contributed by atoms with Gasteiger partial charge in [-0.05, 0) is 29.8 Å². The maximum absolute atomic E-state index is 8.76. The third-order valence-corrected chi connectivity index (χ3v) is 3.01. The van der Waals surface area contributed by atoms with Gasteiger partial charge in [0.1, 0.15) is 0 Å². The molecule has 1 aromatic carbocycles. The zero-order valence-electron chi connectivity index (χ0n) is 11.7.